The molecule has 1 unspecified atom stereocenters. The van der Waals surface area contributed by atoms with E-state index in [2.05, 4.69) is 12.2 Å². The van der Waals surface area contributed by atoms with E-state index in [9.17, 15) is 0 Å². The summed E-state index contributed by atoms with van der Waals surface area (Å²) in [5.74, 6) is 0. The van der Waals surface area contributed by atoms with E-state index < -0.39 is 0 Å². The number of nitrogens with zero attached hydrogens (tertiary/aromatic N) is 1. The number of hydrogen-bond donors (Lipinski definition) is 2. The van der Waals surface area contributed by atoms with E-state index >= 15 is 0 Å². The van der Waals surface area contributed by atoms with Crippen LogP contribution in [-0.4, -0.2) is 22.3 Å². The summed E-state index contributed by atoms with van der Waals surface area (Å²) in [5, 5.41) is 12.9. The van der Waals surface area contributed by atoms with E-state index in [0.29, 0.717) is 6.04 Å². The number of aliphatic hydroxyl groups is 1. The van der Waals surface area contributed by atoms with Crippen molar-refractivity contribution in [1.82, 2.24) is 9.88 Å². The van der Waals surface area contributed by atoms with Crippen LogP contribution in [-0.2, 0) is 13.6 Å². The van der Waals surface area contributed by atoms with Gasteiger partial charge in [-0.25, -0.2) is 0 Å². The minimum Gasteiger partial charge on any atom is -0.396 e. The molecule has 4 heteroatoms. The van der Waals surface area contributed by atoms with Gasteiger partial charge in [-0.3, -0.25) is 0 Å². The van der Waals surface area contributed by atoms with Crippen LogP contribution in [0.3, 0.4) is 0 Å². The maximum atomic E-state index is 8.70. The normalized spacial score (nSPS) is 13.1. The molecule has 2 N–H and O–H groups in total. The number of rotatable bonds is 6. The quantitative estimate of drug-likeness (QED) is 0.784. The summed E-state index contributed by atoms with van der Waals surface area (Å²) in [6.07, 6.45) is 3.74. The number of halogens is 1. The van der Waals surface area contributed by atoms with Crippen molar-refractivity contribution in [3.05, 3.63) is 23.0 Å². The Balaban J connectivity index is 2.33. The largest absolute Gasteiger partial charge is 0.396 e. The van der Waals surface area contributed by atoms with Crippen LogP contribution in [0.25, 0.3) is 0 Å². The van der Waals surface area contributed by atoms with Crippen LogP contribution >= 0.6 is 11.6 Å². The van der Waals surface area contributed by atoms with Gasteiger partial charge >= 0.3 is 0 Å². The van der Waals surface area contributed by atoms with E-state index in [1.165, 1.54) is 5.69 Å². The van der Waals surface area contributed by atoms with Gasteiger partial charge in [0.25, 0.3) is 0 Å². The standard InChI is InChI=1S/C11H19ClN2O/c1-9(4-3-5-15)13-7-11-6-10(12)8-14(11)2/h6,8-9,13,15H,3-5,7H2,1-2H3. The second-order valence-electron chi connectivity index (χ2n) is 3.91. The molecule has 1 aromatic heterocycles. The lowest BCUT2D eigenvalue weighted by Crippen LogP contribution is -2.26. The first-order valence-electron chi connectivity index (χ1n) is 5.28. The summed E-state index contributed by atoms with van der Waals surface area (Å²) in [5.41, 5.74) is 1.18. The molecular formula is C11H19ClN2O. The highest BCUT2D eigenvalue weighted by Gasteiger charge is 2.04. The average Bonchev–Trinajstić information content (AvgIpc) is 2.51. The predicted octanol–water partition coefficient (Wildman–Crippen LogP) is 1.93. The van der Waals surface area contributed by atoms with Crippen molar-refractivity contribution >= 4 is 11.6 Å². The van der Waals surface area contributed by atoms with Gasteiger partial charge in [-0.15, -0.1) is 0 Å². The fourth-order valence-corrected chi connectivity index (χ4v) is 1.79. The number of aromatic nitrogens is 1. The van der Waals surface area contributed by atoms with Crippen molar-refractivity contribution in [3.8, 4) is 0 Å². The minimum absolute atomic E-state index is 0.266. The number of aliphatic hydroxyl groups excluding tert-OH is 1. The molecule has 0 saturated carbocycles. The van der Waals surface area contributed by atoms with Gasteiger partial charge in [0.15, 0.2) is 0 Å². The van der Waals surface area contributed by atoms with E-state index in [1.54, 1.807) is 0 Å². The Hall–Kier alpha value is -0.510. The first kappa shape index (κ1) is 12.6. The Morgan fingerprint density at radius 2 is 2.33 bits per heavy atom. The highest BCUT2D eigenvalue weighted by molar-refractivity contribution is 6.30. The lowest BCUT2D eigenvalue weighted by atomic mass is 10.2. The Morgan fingerprint density at radius 1 is 1.60 bits per heavy atom. The van der Waals surface area contributed by atoms with Gasteiger partial charge < -0.3 is 15.0 Å². The molecule has 1 aromatic rings. The monoisotopic (exact) mass is 230 g/mol. The van der Waals surface area contributed by atoms with Crippen LogP contribution in [0, 0.1) is 0 Å². The molecule has 1 rings (SSSR count). The maximum absolute atomic E-state index is 8.70. The molecule has 0 amide bonds. The summed E-state index contributed by atoms with van der Waals surface area (Å²) in [7, 11) is 1.99. The van der Waals surface area contributed by atoms with E-state index in [-0.39, 0.29) is 6.61 Å². The third-order valence-corrected chi connectivity index (χ3v) is 2.71. The fourth-order valence-electron chi connectivity index (χ4n) is 1.52. The molecule has 0 fully saturated rings. The van der Waals surface area contributed by atoms with Gasteiger partial charge in [0.05, 0.1) is 5.02 Å². The first-order chi connectivity index (χ1) is 7.13. The molecule has 1 heterocycles. The number of hydrogen-bond acceptors (Lipinski definition) is 2. The van der Waals surface area contributed by atoms with Crippen LogP contribution in [0.5, 0.6) is 0 Å². The third kappa shape index (κ3) is 4.24. The Kier molecular flexibility index (Phi) is 5.15. The molecule has 1 atom stereocenters. The molecule has 0 aliphatic carbocycles. The first-order valence-corrected chi connectivity index (χ1v) is 5.66. The third-order valence-electron chi connectivity index (χ3n) is 2.50. The SMILES string of the molecule is CC(CCCO)NCc1cc(Cl)cn1C. The van der Waals surface area contributed by atoms with Crippen LogP contribution in [0.1, 0.15) is 25.5 Å². The lowest BCUT2D eigenvalue weighted by Gasteiger charge is -2.13. The zero-order valence-electron chi connectivity index (χ0n) is 9.33. The topological polar surface area (TPSA) is 37.2 Å². The van der Waals surface area contributed by atoms with Crippen LogP contribution in [0.15, 0.2) is 12.3 Å². The lowest BCUT2D eigenvalue weighted by molar-refractivity contribution is 0.276. The molecule has 3 nitrogen and oxygen atoms in total. The molecule has 86 valence electrons. The zero-order chi connectivity index (χ0) is 11.3. The van der Waals surface area contributed by atoms with Gasteiger partial charge in [0, 0.05) is 38.1 Å². The van der Waals surface area contributed by atoms with Crippen molar-refractivity contribution in [2.45, 2.75) is 32.4 Å². The second-order valence-corrected chi connectivity index (χ2v) is 4.34. The van der Waals surface area contributed by atoms with Crippen LogP contribution in [0.4, 0.5) is 0 Å². The average molecular weight is 231 g/mol. The van der Waals surface area contributed by atoms with Gasteiger partial charge in [0.1, 0.15) is 0 Å². The number of aryl methyl sites for hydroxylation is 1. The molecule has 0 saturated heterocycles. The molecule has 15 heavy (non-hydrogen) atoms. The van der Waals surface area contributed by atoms with Crippen molar-refractivity contribution in [2.75, 3.05) is 6.61 Å². The minimum atomic E-state index is 0.266. The summed E-state index contributed by atoms with van der Waals surface area (Å²) in [6, 6.07) is 2.39. The van der Waals surface area contributed by atoms with Crippen molar-refractivity contribution < 1.29 is 5.11 Å². The maximum Gasteiger partial charge on any atom is 0.0585 e. The molecule has 0 aromatic carbocycles. The van der Waals surface area contributed by atoms with Crippen molar-refractivity contribution in [1.29, 1.82) is 0 Å². The summed E-state index contributed by atoms with van der Waals surface area (Å²) >= 11 is 5.88. The zero-order valence-corrected chi connectivity index (χ0v) is 10.1. The van der Waals surface area contributed by atoms with Gasteiger partial charge in [-0.2, -0.15) is 0 Å². The highest BCUT2D eigenvalue weighted by Crippen LogP contribution is 2.12. The molecule has 0 radical (unpaired) electrons. The summed E-state index contributed by atoms with van der Waals surface area (Å²) < 4.78 is 2.02. The Labute approximate surface area is 96.1 Å². The molecule has 0 bridgehead atoms. The smallest absolute Gasteiger partial charge is 0.0585 e. The van der Waals surface area contributed by atoms with Gasteiger partial charge in [0.2, 0.25) is 0 Å². The summed E-state index contributed by atoms with van der Waals surface area (Å²) in [6.45, 7) is 3.21. The Morgan fingerprint density at radius 3 is 2.87 bits per heavy atom. The fraction of sp³-hybridized carbons (Fsp3) is 0.636. The van der Waals surface area contributed by atoms with Gasteiger partial charge in [-0.05, 0) is 25.8 Å². The van der Waals surface area contributed by atoms with Crippen molar-refractivity contribution in [3.63, 3.8) is 0 Å². The Bertz CT molecular complexity index is 299. The van der Waals surface area contributed by atoms with Crippen LogP contribution < -0.4 is 5.32 Å². The highest BCUT2D eigenvalue weighted by atomic mass is 35.5. The second kappa shape index (κ2) is 6.16. The van der Waals surface area contributed by atoms with E-state index in [4.69, 9.17) is 16.7 Å². The summed E-state index contributed by atoms with van der Waals surface area (Å²) in [4.78, 5) is 0. The number of nitrogens with one attached hydrogen (secondary N) is 1. The molecule has 0 aliphatic heterocycles. The molecule has 0 aliphatic rings. The van der Waals surface area contributed by atoms with Crippen molar-refractivity contribution in [2.24, 2.45) is 7.05 Å². The predicted molar refractivity (Wildman–Crippen MR) is 63.0 cm³/mol. The molecular weight excluding hydrogens is 212 g/mol. The van der Waals surface area contributed by atoms with Gasteiger partial charge in [-0.1, -0.05) is 11.6 Å². The van der Waals surface area contributed by atoms with Crippen LogP contribution in [0.2, 0.25) is 5.02 Å². The van der Waals surface area contributed by atoms with E-state index in [0.717, 1.165) is 24.4 Å². The van der Waals surface area contributed by atoms with E-state index in [1.807, 2.05) is 23.9 Å². The molecule has 0 spiro atoms.